The largest absolute Gasteiger partial charge is 0.497 e. The molecular weight excluding hydrogens is 270 g/mol. The molecule has 0 aliphatic rings. The lowest BCUT2D eigenvalue weighted by molar-refractivity contribution is 0.414. The second-order valence-corrected chi connectivity index (χ2v) is 5.44. The molecule has 0 fully saturated rings. The molecule has 2 aromatic carbocycles. The molecule has 114 valence electrons. The van der Waals surface area contributed by atoms with Crippen LogP contribution in [0.15, 0.2) is 61.2 Å². The number of methoxy groups -OCH3 is 1. The van der Waals surface area contributed by atoms with Crippen LogP contribution >= 0.6 is 0 Å². The first-order chi connectivity index (χ1) is 10.6. The third kappa shape index (κ3) is 3.40. The maximum atomic E-state index is 5.29. The maximum absolute atomic E-state index is 5.29. The van der Waals surface area contributed by atoms with Crippen LogP contribution in [0.4, 0.5) is 5.69 Å². The van der Waals surface area contributed by atoms with Gasteiger partial charge in [-0.05, 0) is 53.5 Å². The highest BCUT2D eigenvalue weighted by Gasteiger charge is 2.09. The molecule has 0 aromatic heterocycles. The first kappa shape index (κ1) is 15.9. The minimum Gasteiger partial charge on any atom is -0.497 e. The van der Waals surface area contributed by atoms with Crippen molar-refractivity contribution in [3.05, 3.63) is 77.9 Å². The highest BCUT2D eigenvalue weighted by Crippen LogP contribution is 2.29. The quantitative estimate of drug-likeness (QED) is 0.742. The maximum Gasteiger partial charge on any atom is 0.119 e. The van der Waals surface area contributed by atoms with E-state index in [4.69, 9.17) is 4.74 Å². The van der Waals surface area contributed by atoms with Crippen molar-refractivity contribution in [1.82, 2.24) is 0 Å². The molecule has 2 rings (SSSR count). The molecule has 2 heteroatoms. The molecule has 0 saturated carbocycles. The molecule has 0 bridgehead atoms. The minimum atomic E-state index is 0.877. The Morgan fingerprint density at radius 3 is 2.27 bits per heavy atom. The van der Waals surface area contributed by atoms with Gasteiger partial charge in [0.2, 0.25) is 0 Å². The van der Waals surface area contributed by atoms with Gasteiger partial charge in [-0.3, -0.25) is 0 Å². The van der Waals surface area contributed by atoms with Crippen molar-refractivity contribution in [2.24, 2.45) is 0 Å². The zero-order valence-electron chi connectivity index (χ0n) is 13.8. The summed E-state index contributed by atoms with van der Waals surface area (Å²) in [6.07, 6.45) is 3.89. The number of rotatable bonds is 5. The fraction of sp³-hybridized carbons (Fsp3) is 0.200. The normalized spacial score (nSPS) is 11.2. The number of nitrogens with zero attached hydrogens (tertiary/aromatic N) is 1. The van der Waals surface area contributed by atoms with E-state index < -0.39 is 0 Å². The summed E-state index contributed by atoms with van der Waals surface area (Å²) < 4.78 is 5.29. The lowest BCUT2D eigenvalue weighted by Gasteiger charge is -2.15. The van der Waals surface area contributed by atoms with E-state index in [1.807, 2.05) is 26.2 Å². The second-order valence-electron chi connectivity index (χ2n) is 5.44. The fourth-order valence-corrected chi connectivity index (χ4v) is 2.46. The summed E-state index contributed by atoms with van der Waals surface area (Å²) in [5.41, 5.74) is 5.91. The van der Waals surface area contributed by atoms with Crippen LogP contribution in [0, 0.1) is 6.92 Å². The first-order valence-corrected chi connectivity index (χ1v) is 7.32. The number of anilines is 1. The molecule has 0 N–H and O–H groups in total. The zero-order chi connectivity index (χ0) is 16.1. The Hall–Kier alpha value is -2.48. The molecule has 2 nitrogen and oxygen atoms in total. The summed E-state index contributed by atoms with van der Waals surface area (Å²) >= 11 is 0. The van der Waals surface area contributed by atoms with Crippen LogP contribution in [-0.4, -0.2) is 21.2 Å². The summed E-state index contributed by atoms with van der Waals surface area (Å²) in [5.74, 6) is 0.877. The van der Waals surface area contributed by atoms with Crippen LogP contribution in [0.2, 0.25) is 0 Å². The van der Waals surface area contributed by atoms with Crippen LogP contribution in [0.5, 0.6) is 5.75 Å². The Bertz CT molecular complexity index is 681. The Morgan fingerprint density at radius 1 is 1.09 bits per heavy atom. The van der Waals surface area contributed by atoms with E-state index in [1.54, 1.807) is 7.11 Å². The molecule has 0 amide bonds. The average Bonchev–Trinajstić information content (AvgIpc) is 2.53. The van der Waals surface area contributed by atoms with Gasteiger partial charge in [-0.15, -0.1) is 0 Å². The van der Waals surface area contributed by atoms with Crippen molar-refractivity contribution in [3.8, 4) is 5.75 Å². The molecule has 0 saturated heterocycles. The van der Waals surface area contributed by atoms with Gasteiger partial charge in [0.1, 0.15) is 5.75 Å². The van der Waals surface area contributed by atoms with E-state index in [-0.39, 0.29) is 0 Å². The van der Waals surface area contributed by atoms with Crippen molar-refractivity contribution in [3.63, 3.8) is 0 Å². The summed E-state index contributed by atoms with van der Waals surface area (Å²) in [6, 6.07) is 14.7. The van der Waals surface area contributed by atoms with Crippen LogP contribution in [0.25, 0.3) is 5.57 Å². The summed E-state index contributed by atoms with van der Waals surface area (Å²) in [7, 11) is 5.78. The fourth-order valence-electron chi connectivity index (χ4n) is 2.46. The van der Waals surface area contributed by atoms with Gasteiger partial charge < -0.3 is 9.64 Å². The van der Waals surface area contributed by atoms with Gasteiger partial charge in [-0.2, -0.15) is 0 Å². The lowest BCUT2D eigenvalue weighted by atomic mass is 9.93. The summed E-state index contributed by atoms with van der Waals surface area (Å²) in [4.78, 5) is 2.10. The molecule has 0 radical (unpaired) electrons. The molecular formula is C20H23NO. The van der Waals surface area contributed by atoms with E-state index in [1.165, 1.54) is 28.0 Å². The molecule has 0 heterocycles. The Kier molecular flexibility index (Phi) is 5.05. The molecule has 0 atom stereocenters. The predicted molar refractivity (Wildman–Crippen MR) is 95.8 cm³/mol. The predicted octanol–water partition coefficient (Wildman–Crippen LogP) is 4.69. The van der Waals surface area contributed by atoms with Gasteiger partial charge in [0.25, 0.3) is 0 Å². The van der Waals surface area contributed by atoms with Gasteiger partial charge in [-0.1, -0.05) is 36.9 Å². The van der Waals surface area contributed by atoms with Crippen molar-refractivity contribution in [2.45, 2.75) is 6.92 Å². The number of aryl methyl sites for hydroxylation is 1. The van der Waals surface area contributed by atoms with E-state index in [0.717, 1.165) is 5.75 Å². The Labute approximate surface area is 133 Å². The number of benzene rings is 2. The molecule has 22 heavy (non-hydrogen) atoms. The summed E-state index contributed by atoms with van der Waals surface area (Å²) in [5, 5.41) is 0. The van der Waals surface area contributed by atoms with E-state index >= 15 is 0 Å². The number of hydrogen-bond donors (Lipinski definition) is 0. The summed E-state index contributed by atoms with van der Waals surface area (Å²) in [6.45, 7) is 5.95. The highest BCUT2D eigenvalue weighted by atomic mass is 16.5. The number of hydrogen-bond acceptors (Lipinski definition) is 2. The first-order valence-electron chi connectivity index (χ1n) is 7.32. The minimum absolute atomic E-state index is 0.877. The van der Waals surface area contributed by atoms with E-state index in [2.05, 4.69) is 60.9 Å². The monoisotopic (exact) mass is 293 g/mol. The SMILES string of the molecule is C=CC=C(c1ccc(N(C)C)cc1)c1ccc(OC)cc1C. The standard InChI is InChI=1S/C20H23NO/c1-6-7-20(16-8-10-17(11-9-16)21(3)4)19-13-12-18(22-5)14-15(19)2/h6-14H,1H2,2-5H3. The van der Waals surface area contributed by atoms with Gasteiger partial charge in [-0.25, -0.2) is 0 Å². The molecule has 0 aliphatic heterocycles. The van der Waals surface area contributed by atoms with Crippen molar-refractivity contribution in [1.29, 1.82) is 0 Å². The van der Waals surface area contributed by atoms with Crippen LogP contribution < -0.4 is 9.64 Å². The number of ether oxygens (including phenoxy) is 1. The van der Waals surface area contributed by atoms with Crippen LogP contribution in [-0.2, 0) is 0 Å². The Morgan fingerprint density at radius 2 is 1.77 bits per heavy atom. The van der Waals surface area contributed by atoms with Crippen LogP contribution in [0.1, 0.15) is 16.7 Å². The third-order valence-electron chi connectivity index (χ3n) is 3.70. The van der Waals surface area contributed by atoms with Crippen molar-refractivity contribution < 1.29 is 4.74 Å². The van der Waals surface area contributed by atoms with Gasteiger partial charge in [0.05, 0.1) is 7.11 Å². The smallest absolute Gasteiger partial charge is 0.119 e. The van der Waals surface area contributed by atoms with Crippen molar-refractivity contribution >= 4 is 11.3 Å². The topological polar surface area (TPSA) is 12.5 Å². The van der Waals surface area contributed by atoms with E-state index in [0.29, 0.717) is 0 Å². The van der Waals surface area contributed by atoms with Gasteiger partial charge in [0.15, 0.2) is 0 Å². The third-order valence-corrected chi connectivity index (χ3v) is 3.70. The lowest BCUT2D eigenvalue weighted by Crippen LogP contribution is -2.08. The zero-order valence-corrected chi connectivity index (χ0v) is 13.8. The van der Waals surface area contributed by atoms with E-state index in [9.17, 15) is 0 Å². The highest BCUT2D eigenvalue weighted by molar-refractivity contribution is 5.83. The molecule has 0 spiro atoms. The van der Waals surface area contributed by atoms with Crippen molar-refractivity contribution in [2.75, 3.05) is 26.1 Å². The van der Waals surface area contributed by atoms with Gasteiger partial charge in [0, 0.05) is 19.8 Å². The van der Waals surface area contributed by atoms with Crippen LogP contribution in [0.3, 0.4) is 0 Å². The molecule has 0 unspecified atom stereocenters. The second kappa shape index (κ2) is 6.99. The van der Waals surface area contributed by atoms with Gasteiger partial charge >= 0.3 is 0 Å². The molecule has 2 aromatic rings. The average molecular weight is 293 g/mol. The Balaban J connectivity index is 2.47. The number of allylic oxidation sites excluding steroid dienone is 2. The molecule has 0 aliphatic carbocycles.